The van der Waals surface area contributed by atoms with Crippen LogP contribution in [0.5, 0.6) is 0 Å². The lowest BCUT2D eigenvalue weighted by atomic mass is 10.00. The largest absolute Gasteiger partial charge is 0.396 e. The summed E-state index contributed by atoms with van der Waals surface area (Å²) in [5, 5.41) is 18.3. The van der Waals surface area contributed by atoms with Gasteiger partial charge in [-0.2, -0.15) is 9.57 Å². The van der Waals surface area contributed by atoms with Crippen molar-refractivity contribution in [3.05, 3.63) is 53.6 Å². The molecule has 1 fully saturated rings. The van der Waals surface area contributed by atoms with Gasteiger partial charge in [-0.25, -0.2) is 16.8 Å². The van der Waals surface area contributed by atoms with Gasteiger partial charge in [0, 0.05) is 19.7 Å². The van der Waals surface area contributed by atoms with E-state index in [-0.39, 0.29) is 33.6 Å². The fraction of sp³-hybridized carbons (Fsp3) is 0.350. The van der Waals surface area contributed by atoms with Gasteiger partial charge in [-0.05, 0) is 61.6 Å². The minimum absolute atomic E-state index is 0.00681. The summed E-state index contributed by atoms with van der Waals surface area (Å²) >= 11 is 0. The first kappa shape index (κ1) is 22.2. The number of hydrogen-bond donors (Lipinski definition) is 2. The van der Waals surface area contributed by atoms with E-state index in [4.69, 9.17) is 5.26 Å². The highest BCUT2D eigenvalue weighted by Crippen LogP contribution is 2.26. The van der Waals surface area contributed by atoms with E-state index < -0.39 is 20.0 Å². The molecule has 0 spiro atoms. The van der Waals surface area contributed by atoms with E-state index in [9.17, 15) is 21.9 Å². The van der Waals surface area contributed by atoms with Crippen LogP contribution in [0.1, 0.15) is 24.0 Å². The Morgan fingerprint density at radius 2 is 1.83 bits per heavy atom. The van der Waals surface area contributed by atoms with E-state index >= 15 is 0 Å². The second kappa shape index (κ2) is 8.73. The molecule has 0 aromatic heterocycles. The van der Waals surface area contributed by atoms with Crippen molar-refractivity contribution in [2.45, 2.75) is 29.6 Å². The lowest BCUT2D eigenvalue weighted by molar-refractivity contribution is 0.170. The summed E-state index contributed by atoms with van der Waals surface area (Å²) < 4.78 is 55.3. The van der Waals surface area contributed by atoms with Crippen LogP contribution in [-0.2, 0) is 20.0 Å². The molecule has 0 radical (unpaired) electrons. The average Bonchev–Trinajstić information content (AvgIpc) is 2.74. The van der Waals surface area contributed by atoms with Crippen LogP contribution in [0, 0.1) is 24.2 Å². The molecule has 1 heterocycles. The van der Waals surface area contributed by atoms with Crippen molar-refractivity contribution in [2.24, 2.45) is 5.92 Å². The quantitative estimate of drug-likeness (QED) is 0.695. The first-order valence-electron chi connectivity index (χ1n) is 9.42. The van der Waals surface area contributed by atoms with Gasteiger partial charge in [0.15, 0.2) is 0 Å². The number of piperidine rings is 1. The number of hydrogen-bond acceptors (Lipinski definition) is 6. The first-order chi connectivity index (χ1) is 14.2. The lowest BCUT2D eigenvalue weighted by Gasteiger charge is -2.30. The van der Waals surface area contributed by atoms with E-state index in [0.29, 0.717) is 31.5 Å². The number of rotatable bonds is 6. The number of anilines is 1. The molecule has 0 amide bonds. The van der Waals surface area contributed by atoms with Crippen LogP contribution < -0.4 is 4.72 Å². The summed E-state index contributed by atoms with van der Waals surface area (Å²) in [6, 6.07) is 11.9. The van der Waals surface area contributed by atoms with E-state index in [1.807, 2.05) is 6.07 Å². The summed E-state index contributed by atoms with van der Waals surface area (Å²) in [6.45, 7) is 2.28. The molecule has 2 aromatic carbocycles. The number of benzene rings is 2. The van der Waals surface area contributed by atoms with Crippen LogP contribution in [0.25, 0.3) is 0 Å². The number of aliphatic hydroxyl groups excluding tert-OH is 1. The van der Waals surface area contributed by atoms with Crippen LogP contribution in [0.15, 0.2) is 52.3 Å². The smallest absolute Gasteiger partial charge is 0.262 e. The van der Waals surface area contributed by atoms with Crippen LogP contribution in [-0.4, -0.2) is 45.9 Å². The minimum Gasteiger partial charge on any atom is -0.396 e. The molecule has 0 atom stereocenters. The molecule has 30 heavy (non-hydrogen) atoms. The molecule has 3 rings (SSSR count). The van der Waals surface area contributed by atoms with Crippen LogP contribution >= 0.6 is 0 Å². The minimum atomic E-state index is -4.01. The fourth-order valence-corrected chi connectivity index (χ4v) is 6.21. The van der Waals surface area contributed by atoms with E-state index in [1.54, 1.807) is 13.0 Å². The zero-order valence-electron chi connectivity index (χ0n) is 16.4. The summed E-state index contributed by atoms with van der Waals surface area (Å²) in [5.41, 5.74) is 0.795. The average molecular weight is 450 g/mol. The Labute approximate surface area is 176 Å². The number of aryl methyl sites for hydroxylation is 1. The molecular weight excluding hydrogens is 426 g/mol. The summed E-state index contributed by atoms with van der Waals surface area (Å²) in [6.07, 6.45) is 1.16. The fourth-order valence-electron chi connectivity index (χ4n) is 3.37. The second-order valence-corrected chi connectivity index (χ2v) is 10.8. The third-order valence-electron chi connectivity index (χ3n) is 5.16. The van der Waals surface area contributed by atoms with Gasteiger partial charge in [-0.1, -0.05) is 12.1 Å². The van der Waals surface area contributed by atoms with Gasteiger partial charge in [0.25, 0.3) is 10.0 Å². The molecule has 0 saturated carbocycles. The molecule has 0 aliphatic carbocycles. The van der Waals surface area contributed by atoms with E-state index in [0.717, 1.165) is 0 Å². The van der Waals surface area contributed by atoms with Gasteiger partial charge in [0.05, 0.1) is 27.1 Å². The maximum Gasteiger partial charge on any atom is 0.262 e. The predicted octanol–water partition coefficient (Wildman–Crippen LogP) is 2.06. The molecule has 2 aromatic rings. The Kier molecular flexibility index (Phi) is 6.47. The Morgan fingerprint density at radius 3 is 2.47 bits per heavy atom. The van der Waals surface area contributed by atoms with Crippen molar-refractivity contribution < 1.29 is 21.9 Å². The zero-order chi connectivity index (χ0) is 21.9. The standard InChI is InChI=1S/C20H23N3O5S2/c1-15-5-6-17(13-21)11-20(15)29(25,26)22-18-3-2-4-19(12-18)30(27,28)23-9-7-16(14-24)8-10-23/h2-6,11-12,16,22,24H,7-10,14H2,1H3. The normalized spacial score (nSPS) is 16.2. The van der Waals surface area contributed by atoms with Gasteiger partial charge >= 0.3 is 0 Å². The molecule has 160 valence electrons. The second-order valence-electron chi connectivity index (χ2n) is 7.26. The zero-order valence-corrected chi connectivity index (χ0v) is 18.1. The number of sulfonamides is 2. The van der Waals surface area contributed by atoms with Crippen molar-refractivity contribution in [1.82, 2.24) is 4.31 Å². The number of nitrogens with zero attached hydrogens (tertiary/aromatic N) is 2. The Bertz CT molecular complexity index is 1180. The molecule has 8 nitrogen and oxygen atoms in total. The summed E-state index contributed by atoms with van der Waals surface area (Å²) in [7, 11) is -7.79. The highest BCUT2D eigenvalue weighted by molar-refractivity contribution is 7.92. The molecule has 10 heteroatoms. The lowest BCUT2D eigenvalue weighted by Crippen LogP contribution is -2.39. The molecule has 0 bridgehead atoms. The molecule has 1 aliphatic heterocycles. The summed E-state index contributed by atoms with van der Waals surface area (Å²) in [4.78, 5) is -0.0477. The van der Waals surface area contributed by atoms with Crippen LogP contribution in [0.3, 0.4) is 0 Å². The first-order valence-corrected chi connectivity index (χ1v) is 12.3. The monoisotopic (exact) mass is 449 g/mol. The molecule has 1 aliphatic rings. The van der Waals surface area contributed by atoms with E-state index in [2.05, 4.69) is 4.72 Å². The molecule has 1 saturated heterocycles. The number of nitriles is 1. The number of aliphatic hydroxyl groups is 1. The molecular formula is C20H23N3O5S2. The van der Waals surface area contributed by atoms with Crippen molar-refractivity contribution in [1.29, 1.82) is 5.26 Å². The van der Waals surface area contributed by atoms with Gasteiger partial charge in [-0.15, -0.1) is 0 Å². The Balaban J connectivity index is 1.86. The van der Waals surface area contributed by atoms with Crippen molar-refractivity contribution >= 4 is 25.7 Å². The topological polar surface area (TPSA) is 128 Å². The predicted molar refractivity (Wildman–Crippen MR) is 112 cm³/mol. The third kappa shape index (κ3) is 4.65. The Morgan fingerprint density at radius 1 is 1.13 bits per heavy atom. The molecule has 2 N–H and O–H groups in total. The maximum atomic E-state index is 13.0. The SMILES string of the molecule is Cc1ccc(C#N)cc1S(=O)(=O)Nc1cccc(S(=O)(=O)N2CCC(CO)CC2)c1. The number of nitrogens with one attached hydrogen (secondary N) is 1. The van der Waals surface area contributed by atoms with Crippen molar-refractivity contribution in [3.8, 4) is 6.07 Å². The Hall–Kier alpha value is -2.45. The van der Waals surface area contributed by atoms with Crippen molar-refractivity contribution in [3.63, 3.8) is 0 Å². The molecule has 0 unspecified atom stereocenters. The maximum absolute atomic E-state index is 13.0. The van der Waals surface area contributed by atoms with Crippen LogP contribution in [0.4, 0.5) is 5.69 Å². The van der Waals surface area contributed by atoms with Gasteiger partial charge in [0.1, 0.15) is 0 Å². The van der Waals surface area contributed by atoms with E-state index in [1.165, 1.54) is 40.7 Å². The highest BCUT2D eigenvalue weighted by atomic mass is 32.2. The van der Waals surface area contributed by atoms with Gasteiger partial charge in [-0.3, -0.25) is 4.72 Å². The summed E-state index contributed by atoms with van der Waals surface area (Å²) in [5.74, 6) is 0.0991. The third-order valence-corrected chi connectivity index (χ3v) is 8.58. The van der Waals surface area contributed by atoms with Gasteiger partial charge in [0.2, 0.25) is 10.0 Å². The van der Waals surface area contributed by atoms with Crippen LogP contribution in [0.2, 0.25) is 0 Å². The highest BCUT2D eigenvalue weighted by Gasteiger charge is 2.29. The van der Waals surface area contributed by atoms with Gasteiger partial charge < -0.3 is 5.11 Å². The van der Waals surface area contributed by atoms with Crippen molar-refractivity contribution in [2.75, 3.05) is 24.4 Å².